The van der Waals surface area contributed by atoms with Gasteiger partial charge < -0.3 is 9.47 Å². The Balaban J connectivity index is 1.63. The monoisotopic (exact) mass is 388 g/mol. The van der Waals surface area contributed by atoms with Gasteiger partial charge in [-0.3, -0.25) is 19.2 Å². The van der Waals surface area contributed by atoms with Crippen molar-refractivity contribution in [1.82, 2.24) is 0 Å². The fourth-order valence-electron chi connectivity index (χ4n) is 8.26. The molecule has 152 valence electrons. The van der Waals surface area contributed by atoms with Crippen LogP contribution in [0.5, 0.6) is 0 Å². The van der Waals surface area contributed by atoms with Crippen molar-refractivity contribution in [2.45, 2.75) is 38.5 Å². The molecule has 6 heteroatoms. The van der Waals surface area contributed by atoms with Crippen LogP contribution in [-0.2, 0) is 28.7 Å². The molecule has 0 radical (unpaired) electrons. The molecular formula is C22H28O6. The van der Waals surface area contributed by atoms with Gasteiger partial charge in [0.15, 0.2) is 0 Å². The SMILES string of the molecule is COC(=O)[C@H]1[C@H](C(=O)OC)[C@H]2[C@@H](C[C@H]3CCC(=O)[C@H]32)[C@H]2C[C@H]3CCC(=O)[C@H]3[C@H]21. The lowest BCUT2D eigenvalue weighted by Gasteiger charge is -2.47. The average molecular weight is 388 g/mol. The number of carbonyl (C=O) groups is 4. The largest absolute Gasteiger partial charge is 0.469 e. The fraction of sp³-hybridized carbons (Fsp3) is 0.818. The van der Waals surface area contributed by atoms with Crippen LogP contribution >= 0.6 is 0 Å². The molecule has 0 unspecified atom stereocenters. The molecule has 10 atom stereocenters. The van der Waals surface area contributed by atoms with E-state index in [1.54, 1.807) is 0 Å². The van der Waals surface area contributed by atoms with Gasteiger partial charge in [-0.1, -0.05) is 0 Å². The summed E-state index contributed by atoms with van der Waals surface area (Å²) in [6.07, 6.45) is 4.81. The summed E-state index contributed by atoms with van der Waals surface area (Å²) in [4.78, 5) is 51.4. The van der Waals surface area contributed by atoms with Crippen LogP contribution in [-0.4, -0.2) is 37.7 Å². The number of ketones is 2. The second-order valence-electron chi connectivity index (χ2n) is 9.63. The van der Waals surface area contributed by atoms with Crippen LogP contribution in [0.1, 0.15) is 38.5 Å². The van der Waals surface area contributed by atoms with E-state index in [9.17, 15) is 19.2 Å². The Hall–Kier alpha value is -1.72. The molecule has 0 bridgehead atoms. The molecule has 0 saturated heterocycles. The summed E-state index contributed by atoms with van der Waals surface area (Å²) in [6.45, 7) is 0. The number of fused-ring (bicyclic) bond motifs is 7. The molecule has 0 aromatic heterocycles. The summed E-state index contributed by atoms with van der Waals surface area (Å²) in [6, 6.07) is 0. The van der Waals surface area contributed by atoms with Crippen molar-refractivity contribution in [1.29, 1.82) is 0 Å². The second-order valence-corrected chi connectivity index (χ2v) is 9.63. The van der Waals surface area contributed by atoms with Crippen molar-refractivity contribution in [2.24, 2.45) is 59.2 Å². The van der Waals surface area contributed by atoms with Gasteiger partial charge in [0.25, 0.3) is 0 Å². The minimum absolute atomic E-state index is 0.140. The maximum Gasteiger partial charge on any atom is 0.309 e. The third-order valence-corrected chi connectivity index (χ3v) is 8.96. The van der Waals surface area contributed by atoms with Gasteiger partial charge in [-0.2, -0.15) is 0 Å². The molecule has 0 N–H and O–H groups in total. The van der Waals surface area contributed by atoms with Crippen LogP contribution < -0.4 is 0 Å². The van der Waals surface area contributed by atoms with E-state index in [4.69, 9.17) is 9.47 Å². The van der Waals surface area contributed by atoms with Crippen LogP contribution in [0, 0.1) is 59.2 Å². The third kappa shape index (κ3) is 2.26. The first-order chi connectivity index (χ1) is 13.5. The van der Waals surface area contributed by atoms with Gasteiger partial charge in [0, 0.05) is 24.7 Å². The highest BCUT2D eigenvalue weighted by atomic mass is 16.5. The lowest BCUT2D eigenvalue weighted by molar-refractivity contribution is -0.173. The Morgan fingerprint density at radius 1 is 0.750 bits per heavy atom. The lowest BCUT2D eigenvalue weighted by atomic mass is 9.55. The molecule has 0 aromatic rings. The number of esters is 2. The molecule has 5 aliphatic carbocycles. The van der Waals surface area contributed by atoms with Crippen LogP contribution in [0.15, 0.2) is 0 Å². The number of hydrogen-bond acceptors (Lipinski definition) is 6. The highest BCUT2D eigenvalue weighted by molar-refractivity contribution is 5.89. The van der Waals surface area contributed by atoms with Gasteiger partial charge in [-0.25, -0.2) is 0 Å². The predicted molar refractivity (Wildman–Crippen MR) is 96.6 cm³/mol. The minimum atomic E-state index is -0.673. The van der Waals surface area contributed by atoms with Gasteiger partial charge >= 0.3 is 11.9 Å². The summed E-state index contributed by atoms with van der Waals surface area (Å²) < 4.78 is 10.3. The standard InChI is InChI=1S/C22H28O6/c1-27-21(25)19-17-11(7-9-3-5-13(23)15(9)17)12-8-10-4-6-14(24)16(10)18(12)20(19)22(26)28-2/h9-12,15-20H,3-8H2,1-2H3/t9-,10-,11-,12+,15+,16+,17+,18+,19-,20-/m1/s1. The molecule has 0 spiro atoms. The molecule has 0 aliphatic heterocycles. The van der Waals surface area contributed by atoms with Crippen molar-refractivity contribution in [2.75, 3.05) is 14.2 Å². The normalized spacial score (nSPS) is 48.6. The van der Waals surface area contributed by atoms with Gasteiger partial charge in [-0.15, -0.1) is 0 Å². The number of Topliss-reactive ketones (excluding diaryl/α,β-unsaturated/α-hetero) is 2. The zero-order chi connectivity index (χ0) is 19.7. The van der Waals surface area contributed by atoms with E-state index in [0.717, 1.165) is 25.7 Å². The Labute approximate surface area is 164 Å². The quantitative estimate of drug-likeness (QED) is 0.673. The highest BCUT2D eigenvalue weighted by Crippen LogP contribution is 2.67. The second kappa shape index (κ2) is 6.39. The van der Waals surface area contributed by atoms with Crippen molar-refractivity contribution in [3.63, 3.8) is 0 Å². The van der Waals surface area contributed by atoms with Crippen LogP contribution in [0.2, 0.25) is 0 Å². The molecule has 0 heterocycles. The molecule has 6 nitrogen and oxygen atoms in total. The van der Waals surface area contributed by atoms with E-state index < -0.39 is 23.8 Å². The molecule has 5 aliphatic rings. The fourth-order valence-corrected chi connectivity index (χ4v) is 8.26. The zero-order valence-electron chi connectivity index (χ0n) is 16.5. The summed E-state index contributed by atoms with van der Waals surface area (Å²) in [5.74, 6) is -1.20. The Kier molecular flexibility index (Phi) is 4.18. The first-order valence-corrected chi connectivity index (χ1v) is 10.7. The van der Waals surface area contributed by atoms with E-state index in [2.05, 4.69) is 0 Å². The van der Waals surface area contributed by atoms with Gasteiger partial charge in [0.2, 0.25) is 0 Å². The molecular weight excluding hydrogens is 360 g/mol. The summed E-state index contributed by atoms with van der Waals surface area (Å²) >= 11 is 0. The molecule has 0 amide bonds. The van der Waals surface area contributed by atoms with Crippen LogP contribution in [0.4, 0.5) is 0 Å². The van der Waals surface area contributed by atoms with E-state index in [1.807, 2.05) is 0 Å². The summed E-state index contributed by atoms with van der Waals surface area (Å²) in [5.41, 5.74) is 0. The van der Waals surface area contributed by atoms with Crippen LogP contribution in [0.3, 0.4) is 0 Å². The smallest absolute Gasteiger partial charge is 0.309 e. The number of rotatable bonds is 2. The third-order valence-electron chi connectivity index (χ3n) is 8.96. The maximum absolute atomic E-state index is 13.0. The van der Waals surface area contributed by atoms with Crippen LogP contribution in [0.25, 0.3) is 0 Å². The summed E-state index contributed by atoms with van der Waals surface area (Å²) in [7, 11) is 2.69. The molecule has 0 aromatic carbocycles. The van der Waals surface area contributed by atoms with Crippen molar-refractivity contribution in [3.8, 4) is 0 Å². The molecule has 5 rings (SSSR count). The Morgan fingerprint density at radius 2 is 1.14 bits per heavy atom. The molecule has 28 heavy (non-hydrogen) atoms. The number of methoxy groups -OCH3 is 2. The first-order valence-electron chi connectivity index (χ1n) is 10.7. The first kappa shape index (κ1) is 18.3. The topological polar surface area (TPSA) is 86.7 Å². The number of carbonyl (C=O) groups excluding carboxylic acids is 4. The van der Waals surface area contributed by atoms with E-state index in [-0.39, 0.29) is 47.1 Å². The highest BCUT2D eigenvalue weighted by Gasteiger charge is 2.68. The zero-order valence-corrected chi connectivity index (χ0v) is 16.5. The predicted octanol–water partition coefficient (Wildman–Crippen LogP) is 2.04. The van der Waals surface area contributed by atoms with E-state index in [0.29, 0.717) is 24.7 Å². The van der Waals surface area contributed by atoms with Crippen molar-refractivity contribution >= 4 is 23.5 Å². The summed E-state index contributed by atoms with van der Waals surface area (Å²) in [5, 5.41) is 0. The van der Waals surface area contributed by atoms with Gasteiger partial charge in [-0.05, 0) is 61.2 Å². The number of ether oxygens (including phenoxy) is 2. The van der Waals surface area contributed by atoms with Gasteiger partial charge in [0.1, 0.15) is 11.6 Å². The average Bonchev–Trinajstić information content (AvgIpc) is 3.42. The van der Waals surface area contributed by atoms with Crippen molar-refractivity contribution in [3.05, 3.63) is 0 Å². The Bertz CT molecular complexity index is 681. The van der Waals surface area contributed by atoms with Crippen molar-refractivity contribution < 1.29 is 28.7 Å². The number of hydrogen-bond donors (Lipinski definition) is 0. The minimum Gasteiger partial charge on any atom is -0.469 e. The van der Waals surface area contributed by atoms with E-state index in [1.165, 1.54) is 14.2 Å². The Morgan fingerprint density at radius 3 is 1.50 bits per heavy atom. The lowest BCUT2D eigenvalue weighted by Crippen LogP contribution is -2.53. The maximum atomic E-state index is 13.0. The van der Waals surface area contributed by atoms with E-state index >= 15 is 0 Å². The van der Waals surface area contributed by atoms with Gasteiger partial charge in [0.05, 0.1) is 26.1 Å². The molecule has 5 fully saturated rings. The molecule has 5 saturated carbocycles.